The smallest absolute Gasteiger partial charge is 0.264 e. The van der Waals surface area contributed by atoms with Crippen molar-refractivity contribution in [2.45, 2.75) is 25.2 Å². The van der Waals surface area contributed by atoms with E-state index in [1.54, 1.807) is 36.4 Å². The molecule has 7 heteroatoms. The topological polar surface area (TPSA) is 66.5 Å². The molecule has 0 heterocycles. The Morgan fingerprint density at radius 2 is 1.65 bits per heavy atom. The van der Waals surface area contributed by atoms with Crippen molar-refractivity contribution in [3.05, 3.63) is 59.1 Å². The van der Waals surface area contributed by atoms with Crippen LogP contribution in [0.15, 0.2) is 53.4 Å². The molecule has 0 fully saturated rings. The first-order chi connectivity index (χ1) is 12.2. The third-order valence-electron chi connectivity index (χ3n) is 3.84. The summed E-state index contributed by atoms with van der Waals surface area (Å²) in [5.74, 6) is 0.349. The van der Waals surface area contributed by atoms with Crippen LogP contribution in [-0.2, 0) is 21.2 Å². The van der Waals surface area contributed by atoms with Gasteiger partial charge in [0.1, 0.15) is 0 Å². The minimum atomic E-state index is -3.67. The first kappa shape index (κ1) is 20.3. The van der Waals surface area contributed by atoms with Crippen LogP contribution in [0.2, 0.25) is 5.02 Å². The third-order valence-corrected chi connectivity index (χ3v) is 5.90. The molecule has 0 aliphatic carbocycles. The molecular weight excluding hydrogens is 372 g/mol. The lowest BCUT2D eigenvalue weighted by Crippen LogP contribution is -2.28. The maximum absolute atomic E-state index is 12.7. The van der Waals surface area contributed by atoms with Crippen molar-refractivity contribution in [3.8, 4) is 0 Å². The van der Waals surface area contributed by atoms with Gasteiger partial charge in [-0.2, -0.15) is 0 Å². The third kappa shape index (κ3) is 5.22. The number of hydrogen-bond acceptors (Lipinski definition) is 3. The van der Waals surface area contributed by atoms with Gasteiger partial charge in [-0.3, -0.25) is 9.10 Å². The quantitative estimate of drug-likeness (QED) is 0.781. The van der Waals surface area contributed by atoms with E-state index in [1.165, 1.54) is 23.5 Å². The zero-order chi connectivity index (χ0) is 19.3. The highest BCUT2D eigenvalue weighted by Gasteiger charge is 2.21. The Bertz CT molecular complexity index is 847. The summed E-state index contributed by atoms with van der Waals surface area (Å²) in [6.45, 7) is 4.71. The van der Waals surface area contributed by atoms with E-state index >= 15 is 0 Å². The first-order valence-corrected chi connectivity index (χ1v) is 10.1. The molecule has 1 amide bonds. The molecule has 0 unspecified atom stereocenters. The lowest BCUT2D eigenvalue weighted by Gasteiger charge is -2.20. The molecule has 5 nitrogen and oxygen atoms in total. The monoisotopic (exact) mass is 394 g/mol. The zero-order valence-electron chi connectivity index (χ0n) is 15.1. The van der Waals surface area contributed by atoms with Crippen molar-refractivity contribution in [1.82, 2.24) is 5.32 Å². The number of benzene rings is 2. The lowest BCUT2D eigenvalue weighted by molar-refractivity contribution is -0.120. The highest BCUT2D eigenvalue weighted by Crippen LogP contribution is 2.23. The molecule has 0 radical (unpaired) electrons. The minimum absolute atomic E-state index is 0.0476. The Labute approximate surface area is 160 Å². The number of carbonyl (C=O) groups excluding carboxylic acids is 1. The standard InChI is InChI=1S/C19H23ClN2O3S/c1-14(2)13-21-19(23)12-15-4-8-17(9-5-15)22(3)26(24,25)18-10-6-16(20)7-11-18/h4-11,14H,12-13H2,1-3H3,(H,21,23). The van der Waals surface area contributed by atoms with Crippen molar-refractivity contribution in [3.63, 3.8) is 0 Å². The van der Waals surface area contributed by atoms with Crippen LogP contribution in [0.25, 0.3) is 0 Å². The van der Waals surface area contributed by atoms with Crippen molar-refractivity contribution in [2.75, 3.05) is 17.9 Å². The largest absolute Gasteiger partial charge is 0.356 e. The zero-order valence-corrected chi connectivity index (χ0v) is 16.6. The number of anilines is 1. The van der Waals surface area contributed by atoms with Gasteiger partial charge < -0.3 is 5.32 Å². The number of nitrogens with one attached hydrogen (secondary N) is 1. The summed E-state index contributed by atoms with van der Waals surface area (Å²) in [5.41, 5.74) is 1.35. The summed E-state index contributed by atoms with van der Waals surface area (Å²) in [7, 11) is -2.17. The molecule has 2 aromatic rings. The average Bonchev–Trinajstić information content (AvgIpc) is 2.60. The van der Waals surface area contributed by atoms with Gasteiger partial charge in [0.15, 0.2) is 0 Å². The summed E-state index contributed by atoms with van der Waals surface area (Å²) in [5, 5.41) is 3.34. The fourth-order valence-electron chi connectivity index (χ4n) is 2.29. The van der Waals surface area contributed by atoms with Crippen molar-refractivity contribution >= 4 is 33.2 Å². The van der Waals surface area contributed by atoms with E-state index in [4.69, 9.17) is 11.6 Å². The number of carbonyl (C=O) groups is 1. The van der Waals surface area contributed by atoms with Crippen LogP contribution in [0.3, 0.4) is 0 Å². The van der Waals surface area contributed by atoms with Crippen LogP contribution in [0, 0.1) is 5.92 Å². The van der Waals surface area contributed by atoms with Crippen LogP contribution in [-0.4, -0.2) is 27.9 Å². The van der Waals surface area contributed by atoms with Gasteiger partial charge >= 0.3 is 0 Å². The SMILES string of the molecule is CC(C)CNC(=O)Cc1ccc(N(C)S(=O)(=O)c2ccc(Cl)cc2)cc1. The van der Waals surface area contributed by atoms with Gasteiger partial charge in [0.05, 0.1) is 17.0 Å². The van der Waals surface area contributed by atoms with Crippen LogP contribution in [0.4, 0.5) is 5.69 Å². The second-order valence-electron chi connectivity index (χ2n) is 6.47. The van der Waals surface area contributed by atoms with Crippen LogP contribution in [0.1, 0.15) is 19.4 Å². The minimum Gasteiger partial charge on any atom is -0.356 e. The van der Waals surface area contributed by atoms with Crippen LogP contribution >= 0.6 is 11.6 Å². The Kier molecular flexibility index (Phi) is 6.67. The highest BCUT2D eigenvalue weighted by molar-refractivity contribution is 7.92. The van der Waals surface area contributed by atoms with Crippen molar-refractivity contribution in [1.29, 1.82) is 0 Å². The molecule has 26 heavy (non-hydrogen) atoms. The van der Waals surface area contributed by atoms with Gasteiger partial charge in [-0.25, -0.2) is 8.42 Å². The van der Waals surface area contributed by atoms with E-state index in [2.05, 4.69) is 5.32 Å². The number of nitrogens with zero attached hydrogens (tertiary/aromatic N) is 1. The first-order valence-electron chi connectivity index (χ1n) is 8.30. The molecular formula is C19H23ClN2O3S. The Hall–Kier alpha value is -2.05. The van der Waals surface area contributed by atoms with Crippen molar-refractivity contribution in [2.24, 2.45) is 5.92 Å². The van der Waals surface area contributed by atoms with Crippen LogP contribution in [0.5, 0.6) is 0 Å². The second-order valence-corrected chi connectivity index (χ2v) is 8.87. The van der Waals surface area contributed by atoms with Gasteiger partial charge in [0, 0.05) is 18.6 Å². The lowest BCUT2D eigenvalue weighted by atomic mass is 10.1. The summed E-state index contributed by atoms with van der Waals surface area (Å²) in [4.78, 5) is 12.0. The Morgan fingerprint density at radius 3 is 2.19 bits per heavy atom. The van der Waals surface area contributed by atoms with E-state index in [0.717, 1.165) is 5.56 Å². The summed E-state index contributed by atoms with van der Waals surface area (Å²) in [6, 6.07) is 12.9. The Balaban J connectivity index is 2.09. The number of halogens is 1. The Morgan fingerprint density at radius 1 is 1.08 bits per heavy atom. The summed E-state index contributed by atoms with van der Waals surface area (Å²) >= 11 is 5.82. The fraction of sp³-hybridized carbons (Fsp3) is 0.316. The van der Waals surface area contributed by atoms with E-state index in [9.17, 15) is 13.2 Å². The van der Waals surface area contributed by atoms with Gasteiger partial charge in [0.2, 0.25) is 5.91 Å². The second kappa shape index (κ2) is 8.56. The molecule has 0 atom stereocenters. The van der Waals surface area contributed by atoms with Crippen molar-refractivity contribution < 1.29 is 13.2 Å². The molecule has 140 valence electrons. The summed E-state index contributed by atoms with van der Waals surface area (Å²) < 4.78 is 26.6. The van der Waals surface area contributed by atoms with E-state index < -0.39 is 10.0 Å². The molecule has 0 saturated carbocycles. The van der Waals surface area contributed by atoms with Gasteiger partial charge in [-0.15, -0.1) is 0 Å². The maximum atomic E-state index is 12.7. The van der Waals surface area contributed by atoms with Gasteiger partial charge in [-0.1, -0.05) is 37.6 Å². The number of rotatable bonds is 7. The normalized spacial score (nSPS) is 11.4. The van der Waals surface area contributed by atoms with E-state index in [0.29, 0.717) is 23.2 Å². The predicted molar refractivity (Wildman–Crippen MR) is 105 cm³/mol. The number of sulfonamides is 1. The highest BCUT2D eigenvalue weighted by atomic mass is 35.5. The van der Waals surface area contributed by atoms with E-state index in [-0.39, 0.29) is 17.2 Å². The number of amides is 1. The van der Waals surface area contributed by atoms with Crippen LogP contribution < -0.4 is 9.62 Å². The summed E-state index contributed by atoms with van der Waals surface area (Å²) in [6.07, 6.45) is 0.265. The molecule has 0 spiro atoms. The van der Waals surface area contributed by atoms with E-state index in [1.807, 2.05) is 13.8 Å². The number of hydrogen-bond donors (Lipinski definition) is 1. The maximum Gasteiger partial charge on any atom is 0.264 e. The molecule has 0 aromatic heterocycles. The predicted octanol–water partition coefficient (Wildman–Crippen LogP) is 3.48. The average molecular weight is 395 g/mol. The molecule has 0 aliphatic rings. The van der Waals surface area contributed by atoms with Gasteiger partial charge in [-0.05, 0) is 47.9 Å². The molecule has 0 bridgehead atoms. The molecule has 0 saturated heterocycles. The molecule has 2 rings (SSSR count). The molecule has 0 aliphatic heterocycles. The fourth-order valence-corrected chi connectivity index (χ4v) is 3.61. The molecule has 1 N–H and O–H groups in total. The van der Waals surface area contributed by atoms with Gasteiger partial charge in [0.25, 0.3) is 10.0 Å². The molecule has 2 aromatic carbocycles.